The van der Waals surface area contributed by atoms with Gasteiger partial charge in [0.25, 0.3) is 0 Å². The van der Waals surface area contributed by atoms with Crippen LogP contribution in [-0.2, 0) is 17.6 Å². The number of carbonyl (C=O) groups is 1. The lowest BCUT2D eigenvalue weighted by Gasteiger charge is -2.35. The smallest absolute Gasteiger partial charge is 0.328 e. The minimum absolute atomic E-state index is 0.282. The molecule has 7 heteroatoms. The van der Waals surface area contributed by atoms with Gasteiger partial charge in [-0.1, -0.05) is 18.2 Å². The van der Waals surface area contributed by atoms with Crippen molar-refractivity contribution in [2.75, 3.05) is 14.2 Å². The number of carboxylic acids is 1. The van der Waals surface area contributed by atoms with Gasteiger partial charge in [-0.3, -0.25) is 4.99 Å². The first kappa shape index (κ1) is 20.8. The number of para-hydroxylation sites is 1. The minimum Gasteiger partial charge on any atom is -0.493 e. The molecule has 162 valence electrons. The summed E-state index contributed by atoms with van der Waals surface area (Å²) in [7, 11) is 3.19. The van der Waals surface area contributed by atoms with E-state index >= 15 is 0 Å². The number of aliphatic carboxylic acids is 1. The Morgan fingerprint density at radius 3 is 2.61 bits per heavy atom. The zero-order valence-corrected chi connectivity index (χ0v) is 18.2. The lowest BCUT2D eigenvalue weighted by atomic mass is 9.86. The number of aliphatic imine (C=N–C) groups is 1. The van der Waals surface area contributed by atoms with Crippen LogP contribution in [0.15, 0.2) is 47.6 Å². The molecule has 31 heavy (non-hydrogen) atoms. The Balaban J connectivity index is 1.77. The van der Waals surface area contributed by atoms with Crippen LogP contribution >= 0.6 is 0 Å². The maximum absolute atomic E-state index is 12.1. The number of nitrogens with zero attached hydrogens (tertiary/aromatic N) is 1. The number of H-pyrrole nitrogens is 1. The van der Waals surface area contributed by atoms with Crippen molar-refractivity contribution in [2.45, 2.75) is 38.3 Å². The molecule has 0 spiro atoms. The average molecular weight is 421 g/mol. The van der Waals surface area contributed by atoms with E-state index in [1.807, 2.05) is 42.6 Å². The molecule has 7 nitrogen and oxygen atoms in total. The largest absolute Gasteiger partial charge is 0.493 e. The van der Waals surface area contributed by atoms with Crippen molar-refractivity contribution in [3.05, 3.63) is 59.3 Å². The van der Waals surface area contributed by atoms with E-state index in [2.05, 4.69) is 29.1 Å². The highest BCUT2D eigenvalue weighted by Gasteiger charge is 2.31. The monoisotopic (exact) mass is 421 g/mol. The van der Waals surface area contributed by atoms with Crippen LogP contribution in [0.5, 0.6) is 11.5 Å². The molecule has 1 atom stereocenters. The minimum atomic E-state index is -0.968. The topological polar surface area (TPSA) is 95.9 Å². The molecular weight excluding hydrogens is 394 g/mol. The van der Waals surface area contributed by atoms with Gasteiger partial charge in [-0.15, -0.1) is 0 Å². The molecule has 0 radical (unpaired) electrons. The first-order chi connectivity index (χ1) is 14.8. The summed E-state index contributed by atoms with van der Waals surface area (Å²) in [6.07, 6.45) is 2.90. The third-order valence-corrected chi connectivity index (χ3v) is 5.61. The van der Waals surface area contributed by atoms with Gasteiger partial charge in [0.1, 0.15) is 5.84 Å². The van der Waals surface area contributed by atoms with Gasteiger partial charge in [0.15, 0.2) is 17.5 Å². The van der Waals surface area contributed by atoms with Crippen LogP contribution < -0.4 is 14.8 Å². The van der Waals surface area contributed by atoms with Gasteiger partial charge in [-0.05, 0) is 49.6 Å². The fourth-order valence-electron chi connectivity index (χ4n) is 4.15. The Bertz CT molecular complexity index is 1160. The summed E-state index contributed by atoms with van der Waals surface area (Å²) in [6.45, 7) is 4.13. The molecule has 0 fully saturated rings. The number of hydrogen-bond donors (Lipinski definition) is 3. The Hall–Kier alpha value is -3.48. The third-order valence-electron chi connectivity index (χ3n) is 5.61. The van der Waals surface area contributed by atoms with E-state index in [1.54, 1.807) is 14.2 Å². The molecule has 0 amide bonds. The molecule has 0 bridgehead atoms. The Kier molecular flexibility index (Phi) is 5.35. The Morgan fingerprint density at radius 1 is 1.19 bits per heavy atom. The fraction of sp³-hybridized carbons (Fsp3) is 0.333. The molecule has 3 N–H and O–H groups in total. The SMILES string of the molecule is COc1cc2c(cc1OC)C(=N[C@H](Cc1c[nH]c3ccccc13)C(=O)O)NC(C)(C)C2. The molecule has 0 saturated heterocycles. The molecule has 0 saturated carbocycles. The maximum atomic E-state index is 12.1. The number of hydrogen-bond acceptors (Lipinski definition) is 4. The van der Waals surface area contributed by atoms with E-state index in [-0.39, 0.29) is 12.0 Å². The zero-order chi connectivity index (χ0) is 22.2. The lowest BCUT2D eigenvalue weighted by molar-refractivity contribution is -0.138. The number of methoxy groups -OCH3 is 2. The molecule has 2 heterocycles. The lowest BCUT2D eigenvalue weighted by Crippen LogP contribution is -2.50. The molecule has 3 aromatic rings. The van der Waals surface area contributed by atoms with Crippen LogP contribution in [0.4, 0.5) is 0 Å². The molecule has 4 rings (SSSR count). The van der Waals surface area contributed by atoms with E-state index in [0.717, 1.165) is 34.0 Å². The van der Waals surface area contributed by atoms with Gasteiger partial charge in [0.05, 0.1) is 14.2 Å². The standard InChI is InChI=1S/C24H27N3O4/c1-24(2)12-14-10-20(30-3)21(31-4)11-17(14)22(27-24)26-19(23(28)29)9-15-13-25-18-8-6-5-7-16(15)18/h5-8,10-11,13,19,25H,9,12H2,1-4H3,(H,26,27)(H,28,29)/t19-/m1/s1. The molecule has 0 unspecified atom stereocenters. The number of ether oxygens (including phenoxy) is 2. The van der Waals surface area contributed by atoms with Crippen LogP contribution in [0, 0.1) is 0 Å². The summed E-state index contributed by atoms with van der Waals surface area (Å²) in [4.78, 5) is 20.0. The van der Waals surface area contributed by atoms with Gasteiger partial charge < -0.3 is 24.9 Å². The van der Waals surface area contributed by atoms with Gasteiger partial charge in [0, 0.05) is 34.6 Å². The Labute approximate surface area is 181 Å². The van der Waals surface area contributed by atoms with Crippen LogP contribution in [0.2, 0.25) is 0 Å². The second kappa shape index (κ2) is 7.98. The van der Waals surface area contributed by atoms with E-state index in [0.29, 0.717) is 17.3 Å². The predicted molar refractivity (Wildman–Crippen MR) is 120 cm³/mol. The van der Waals surface area contributed by atoms with Gasteiger partial charge >= 0.3 is 5.97 Å². The number of aromatic nitrogens is 1. The molecule has 1 aliphatic heterocycles. The highest BCUT2D eigenvalue weighted by molar-refractivity contribution is 6.03. The third kappa shape index (κ3) is 4.08. The van der Waals surface area contributed by atoms with Crippen molar-refractivity contribution in [1.29, 1.82) is 0 Å². The zero-order valence-electron chi connectivity index (χ0n) is 18.2. The highest BCUT2D eigenvalue weighted by Crippen LogP contribution is 2.35. The number of aromatic amines is 1. The van der Waals surface area contributed by atoms with Gasteiger partial charge in [0.2, 0.25) is 0 Å². The summed E-state index contributed by atoms with van der Waals surface area (Å²) in [6, 6.07) is 10.7. The number of nitrogens with one attached hydrogen (secondary N) is 2. The number of amidine groups is 1. The number of carboxylic acid groups (broad SMARTS) is 1. The summed E-state index contributed by atoms with van der Waals surface area (Å²) in [5.74, 6) is 0.815. The van der Waals surface area contributed by atoms with Crippen LogP contribution in [0.1, 0.15) is 30.5 Å². The highest BCUT2D eigenvalue weighted by atomic mass is 16.5. The predicted octanol–water partition coefficient (Wildman–Crippen LogP) is 3.55. The van der Waals surface area contributed by atoms with Crippen LogP contribution in [-0.4, -0.2) is 47.7 Å². The molecule has 1 aliphatic rings. The second-order valence-corrected chi connectivity index (χ2v) is 8.45. The van der Waals surface area contributed by atoms with E-state index in [9.17, 15) is 9.90 Å². The number of benzene rings is 2. The van der Waals surface area contributed by atoms with Crippen LogP contribution in [0.3, 0.4) is 0 Å². The van der Waals surface area contributed by atoms with Crippen molar-refractivity contribution in [2.24, 2.45) is 4.99 Å². The Morgan fingerprint density at radius 2 is 1.90 bits per heavy atom. The van der Waals surface area contributed by atoms with E-state index in [1.165, 1.54) is 0 Å². The summed E-state index contributed by atoms with van der Waals surface area (Å²) < 4.78 is 10.9. The first-order valence-corrected chi connectivity index (χ1v) is 10.2. The quantitative estimate of drug-likeness (QED) is 0.566. The normalized spacial score (nSPS) is 17.1. The summed E-state index contributed by atoms with van der Waals surface area (Å²) >= 11 is 0. The van der Waals surface area contributed by atoms with Crippen LogP contribution in [0.25, 0.3) is 10.9 Å². The molecular formula is C24H27N3O4. The maximum Gasteiger partial charge on any atom is 0.328 e. The fourth-order valence-corrected chi connectivity index (χ4v) is 4.15. The second-order valence-electron chi connectivity index (χ2n) is 8.45. The number of rotatable bonds is 6. The molecule has 0 aliphatic carbocycles. The molecule has 1 aromatic heterocycles. The van der Waals surface area contributed by atoms with Crippen molar-refractivity contribution in [1.82, 2.24) is 10.3 Å². The van der Waals surface area contributed by atoms with Gasteiger partial charge in [-0.2, -0.15) is 0 Å². The van der Waals surface area contributed by atoms with E-state index in [4.69, 9.17) is 9.47 Å². The van der Waals surface area contributed by atoms with Crippen molar-refractivity contribution < 1.29 is 19.4 Å². The van der Waals surface area contributed by atoms with Crippen molar-refractivity contribution >= 4 is 22.7 Å². The average Bonchev–Trinajstić information content (AvgIpc) is 3.14. The number of fused-ring (bicyclic) bond motifs is 2. The van der Waals surface area contributed by atoms with Gasteiger partial charge in [-0.25, -0.2) is 4.79 Å². The van der Waals surface area contributed by atoms with E-state index < -0.39 is 12.0 Å². The molecule has 2 aromatic carbocycles. The first-order valence-electron chi connectivity index (χ1n) is 10.2. The summed E-state index contributed by atoms with van der Waals surface area (Å²) in [5, 5.41) is 14.4. The van der Waals surface area contributed by atoms with Crippen molar-refractivity contribution in [3.63, 3.8) is 0 Å². The summed E-state index contributed by atoms with van der Waals surface area (Å²) in [5.41, 5.74) is 3.50. The van der Waals surface area contributed by atoms with Crippen molar-refractivity contribution in [3.8, 4) is 11.5 Å².